The molecule has 3 aromatic rings. The zero-order valence-electron chi connectivity index (χ0n) is 20.7. The molecular formula is C28H27N5O5. The van der Waals surface area contributed by atoms with Crippen LogP contribution in [-0.2, 0) is 16.1 Å². The van der Waals surface area contributed by atoms with Crippen molar-refractivity contribution in [3.05, 3.63) is 70.9 Å². The molecule has 0 bridgehead atoms. The van der Waals surface area contributed by atoms with E-state index >= 15 is 0 Å². The molecule has 1 unspecified atom stereocenters. The molecule has 2 saturated heterocycles. The molecule has 10 heteroatoms. The molecule has 0 spiro atoms. The van der Waals surface area contributed by atoms with Crippen molar-refractivity contribution in [1.82, 2.24) is 25.4 Å². The number of carbonyl (C=O) groups excluding carboxylic acids is 5. The number of hydrogen-bond donors (Lipinski definition) is 3. The summed E-state index contributed by atoms with van der Waals surface area (Å²) >= 11 is 0. The third-order valence-electron chi connectivity index (χ3n) is 7.78. The minimum atomic E-state index is -1.00. The van der Waals surface area contributed by atoms with Gasteiger partial charge in [-0.15, -0.1) is 0 Å². The number of likely N-dealkylation sites (tertiary alicyclic amines) is 1. The third kappa shape index (κ3) is 4.21. The molecule has 3 aliphatic heterocycles. The Labute approximate surface area is 218 Å². The summed E-state index contributed by atoms with van der Waals surface area (Å²) in [5.41, 5.74) is 3.51. The fourth-order valence-electron chi connectivity index (χ4n) is 5.66. The van der Waals surface area contributed by atoms with Crippen LogP contribution in [0.3, 0.4) is 0 Å². The lowest BCUT2D eigenvalue weighted by atomic mass is 9.89. The molecule has 10 nitrogen and oxygen atoms in total. The van der Waals surface area contributed by atoms with Gasteiger partial charge in [0.05, 0.1) is 11.1 Å². The predicted molar refractivity (Wildman–Crippen MR) is 137 cm³/mol. The number of nitrogens with one attached hydrogen (secondary N) is 3. The first kappa shape index (κ1) is 23.9. The third-order valence-corrected chi connectivity index (χ3v) is 7.78. The summed E-state index contributed by atoms with van der Waals surface area (Å²) in [6, 6.07) is 12.2. The van der Waals surface area contributed by atoms with Gasteiger partial charge in [-0.3, -0.25) is 29.4 Å². The lowest BCUT2D eigenvalue weighted by molar-refractivity contribution is -0.136. The number of aromatic nitrogens is 1. The molecule has 38 heavy (non-hydrogen) atoms. The van der Waals surface area contributed by atoms with Crippen LogP contribution in [0.5, 0.6) is 0 Å². The Balaban J connectivity index is 1.06. The van der Waals surface area contributed by atoms with Crippen LogP contribution in [0.2, 0.25) is 0 Å². The van der Waals surface area contributed by atoms with E-state index in [0.717, 1.165) is 23.3 Å². The van der Waals surface area contributed by atoms with Crippen molar-refractivity contribution in [3.63, 3.8) is 0 Å². The second-order valence-electron chi connectivity index (χ2n) is 10.1. The summed E-state index contributed by atoms with van der Waals surface area (Å²) in [4.78, 5) is 68.4. The zero-order chi connectivity index (χ0) is 26.4. The van der Waals surface area contributed by atoms with E-state index in [1.165, 1.54) is 10.9 Å². The molecule has 194 valence electrons. The Morgan fingerprint density at radius 3 is 2.50 bits per heavy atom. The second-order valence-corrected chi connectivity index (χ2v) is 10.1. The van der Waals surface area contributed by atoms with Crippen LogP contribution in [0.4, 0.5) is 4.79 Å². The molecule has 3 aliphatic rings. The number of H-pyrrole nitrogens is 1. The monoisotopic (exact) mass is 513 g/mol. The van der Waals surface area contributed by atoms with Crippen molar-refractivity contribution in [2.75, 3.05) is 13.1 Å². The number of aromatic amines is 1. The van der Waals surface area contributed by atoms with Gasteiger partial charge in [-0.25, -0.2) is 4.79 Å². The van der Waals surface area contributed by atoms with Crippen LogP contribution >= 0.6 is 0 Å². The lowest BCUT2D eigenvalue weighted by Gasteiger charge is -2.32. The van der Waals surface area contributed by atoms with E-state index in [0.29, 0.717) is 24.6 Å². The summed E-state index contributed by atoms with van der Waals surface area (Å²) in [5, 5.41) is 6.30. The van der Waals surface area contributed by atoms with Crippen molar-refractivity contribution < 1.29 is 24.0 Å². The minimum Gasteiger partial charge on any atom is -0.361 e. The van der Waals surface area contributed by atoms with Gasteiger partial charge in [-0.2, -0.15) is 0 Å². The molecule has 2 aromatic carbocycles. The fourth-order valence-corrected chi connectivity index (χ4v) is 5.66. The van der Waals surface area contributed by atoms with Gasteiger partial charge in [0.1, 0.15) is 6.04 Å². The SMILES string of the molecule is O=C1CCC(N2C(=O)c3ccc(CNC(=O)N4CCC(c5ccc6[nH]ccc6c5)CC4)cc3C2=O)C(=O)N1. The molecule has 0 aliphatic carbocycles. The standard InChI is InChI=1S/C28H27N5O5/c34-24-6-5-23(25(35)31-24)33-26(36)20-3-1-16(13-21(20)27(33)37)15-30-28(38)32-11-8-17(9-12-32)18-2-4-22-19(14-18)7-10-29-22/h1-4,7,10,13-14,17,23,29H,5-6,8-9,11-12,15H2,(H,30,38)(H,31,34,35). The molecular weight excluding hydrogens is 486 g/mol. The number of piperidine rings is 2. The summed E-state index contributed by atoms with van der Waals surface area (Å²) in [6.07, 6.45) is 3.88. The van der Waals surface area contributed by atoms with Gasteiger partial charge in [0.2, 0.25) is 11.8 Å². The average molecular weight is 514 g/mol. The molecule has 1 atom stereocenters. The highest BCUT2D eigenvalue weighted by molar-refractivity contribution is 6.23. The van der Waals surface area contributed by atoms with Crippen LogP contribution < -0.4 is 10.6 Å². The highest BCUT2D eigenvalue weighted by Gasteiger charge is 2.44. The molecule has 3 N–H and O–H groups in total. The Kier molecular flexibility index (Phi) is 5.94. The van der Waals surface area contributed by atoms with Crippen molar-refractivity contribution in [2.45, 2.75) is 44.2 Å². The summed E-state index contributed by atoms with van der Waals surface area (Å²) in [6.45, 7) is 1.51. The molecule has 6 amide bonds. The van der Waals surface area contributed by atoms with E-state index in [1.807, 2.05) is 6.20 Å². The topological polar surface area (TPSA) is 132 Å². The predicted octanol–water partition coefficient (Wildman–Crippen LogP) is 2.66. The fraction of sp³-hybridized carbons (Fsp3) is 0.321. The molecule has 0 radical (unpaired) electrons. The Hall–Kier alpha value is -4.47. The molecule has 4 heterocycles. The average Bonchev–Trinajstić information content (AvgIpc) is 3.49. The normalized spacial score (nSPS) is 20.2. The quantitative estimate of drug-likeness (QED) is 0.462. The maximum absolute atomic E-state index is 13.0. The van der Waals surface area contributed by atoms with Crippen LogP contribution in [0.1, 0.15) is 63.4 Å². The van der Waals surface area contributed by atoms with Crippen molar-refractivity contribution in [3.8, 4) is 0 Å². The second kappa shape index (κ2) is 9.44. The van der Waals surface area contributed by atoms with E-state index in [1.54, 1.807) is 23.1 Å². The number of benzene rings is 2. The van der Waals surface area contributed by atoms with Crippen LogP contribution in [0.15, 0.2) is 48.7 Å². The van der Waals surface area contributed by atoms with Crippen molar-refractivity contribution in [1.29, 1.82) is 0 Å². The maximum atomic E-state index is 13.0. The summed E-state index contributed by atoms with van der Waals surface area (Å²) < 4.78 is 0. The van der Waals surface area contributed by atoms with Gasteiger partial charge in [0.25, 0.3) is 11.8 Å². The van der Waals surface area contributed by atoms with Crippen molar-refractivity contribution >= 4 is 40.6 Å². The first-order valence-electron chi connectivity index (χ1n) is 12.8. The van der Waals surface area contributed by atoms with Crippen molar-refractivity contribution in [2.24, 2.45) is 0 Å². The van der Waals surface area contributed by atoms with Gasteiger partial charge in [-0.1, -0.05) is 12.1 Å². The van der Waals surface area contributed by atoms with Gasteiger partial charge >= 0.3 is 6.03 Å². The van der Waals surface area contributed by atoms with Gasteiger partial charge < -0.3 is 15.2 Å². The lowest BCUT2D eigenvalue weighted by Crippen LogP contribution is -2.54. The number of imide groups is 2. The Bertz CT molecular complexity index is 1490. The minimum absolute atomic E-state index is 0.0699. The Morgan fingerprint density at radius 2 is 1.71 bits per heavy atom. The van der Waals surface area contributed by atoms with Crippen LogP contribution in [-0.4, -0.2) is 63.6 Å². The number of urea groups is 1. The highest BCUT2D eigenvalue weighted by Crippen LogP contribution is 2.31. The smallest absolute Gasteiger partial charge is 0.317 e. The van der Waals surface area contributed by atoms with E-state index in [4.69, 9.17) is 0 Å². The first-order chi connectivity index (χ1) is 18.4. The van der Waals surface area contributed by atoms with Crippen LogP contribution in [0, 0.1) is 0 Å². The molecule has 1 aromatic heterocycles. The maximum Gasteiger partial charge on any atom is 0.317 e. The number of nitrogens with zero attached hydrogens (tertiary/aromatic N) is 2. The number of amides is 6. The number of fused-ring (bicyclic) bond motifs is 2. The molecule has 0 saturated carbocycles. The molecule has 2 fully saturated rings. The molecule has 6 rings (SSSR count). The summed E-state index contributed by atoms with van der Waals surface area (Å²) in [5.74, 6) is -1.76. The van der Waals surface area contributed by atoms with Crippen LogP contribution in [0.25, 0.3) is 10.9 Å². The Morgan fingerprint density at radius 1 is 0.921 bits per heavy atom. The number of hydrogen-bond acceptors (Lipinski definition) is 5. The highest BCUT2D eigenvalue weighted by atomic mass is 16.2. The largest absolute Gasteiger partial charge is 0.361 e. The van der Waals surface area contributed by atoms with E-state index in [2.05, 4.69) is 39.9 Å². The van der Waals surface area contributed by atoms with E-state index in [9.17, 15) is 24.0 Å². The summed E-state index contributed by atoms with van der Waals surface area (Å²) in [7, 11) is 0. The van der Waals surface area contributed by atoms with E-state index < -0.39 is 29.7 Å². The van der Waals surface area contributed by atoms with E-state index in [-0.39, 0.29) is 36.5 Å². The number of rotatable bonds is 4. The first-order valence-corrected chi connectivity index (χ1v) is 12.8. The van der Waals surface area contributed by atoms with Gasteiger partial charge in [-0.05, 0) is 72.0 Å². The zero-order valence-corrected chi connectivity index (χ0v) is 20.7. The van der Waals surface area contributed by atoms with Gasteiger partial charge in [0.15, 0.2) is 0 Å². The number of carbonyl (C=O) groups is 5. The van der Waals surface area contributed by atoms with Gasteiger partial charge in [0, 0.05) is 37.8 Å².